The van der Waals surface area contributed by atoms with Gasteiger partial charge in [-0.2, -0.15) is 0 Å². The van der Waals surface area contributed by atoms with Gasteiger partial charge in [-0.05, 0) is 26.3 Å². The molecule has 3 aliphatic rings. The van der Waals surface area contributed by atoms with Gasteiger partial charge in [-0.15, -0.1) is 0 Å². The lowest BCUT2D eigenvalue weighted by atomic mass is 9.95. The first-order valence-corrected chi connectivity index (χ1v) is 9.89. The van der Waals surface area contributed by atoms with E-state index in [0.717, 1.165) is 68.7 Å². The van der Waals surface area contributed by atoms with Crippen LogP contribution in [-0.2, 0) is 24.9 Å². The van der Waals surface area contributed by atoms with Gasteiger partial charge in [0.25, 0.3) is 5.56 Å². The first-order valence-electron chi connectivity index (χ1n) is 9.89. The molecule has 7 heteroatoms. The fraction of sp³-hybridized carbons (Fsp3) is 0.737. The van der Waals surface area contributed by atoms with Crippen molar-refractivity contribution in [2.75, 3.05) is 33.2 Å². The van der Waals surface area contributed by atoms with Crippen molar-refractivity contribution in [1.82, 2.24) is 24.7 Å². The molecule has 1 spiro atoms. The molecule has 7 nitrogen and oxygen atoms in total. The Morgan fingerprint density at radius 2 is 2.12 bits per heavy atom. The maximum absolute atomic E-state index is 13.3. The molecule has 26 heavy (non-hydrogen) atoms. The Morgan fingerprint density at radius 3 is 2.92 bits per heavy atom. The van der Waals surface area contributed by atoms with E-state index in [9.17, 15) is 9.59 Å². The Kier molecular flexibility index (Phi) is 4.50. The van der Waals surface area contributed by atoms with Crippen molar-refractivity contribution in [2.24, 2.45) is 0 Å². The molecule has 0 aliphatic carbocycles. The first-order chi connectivity index (χ1) is 12.5. The van der Waals surface area contributed by atoms with Crippen molar-refractivity contribution in [3.05, 3.63) is 27.4 Å². The molecule has 142 valence electrons. The average molecular weight is 359 g/mol. The summed E-state index contributed by atoms with van der Waals surface area (Å²) in [5.41, 5.74) is 1.72. The van der Waals surface area contributed by atoms with Gasteiger partial charge in [0.1, 0.15) is 5.82 Å². The number of hydrogen-bond donors (Lipinski definition) is 1. The zero-order valence-corrected chi connectivity index (χ0v) is 15.9. The second kappa shape index (κ2) is 6.68. The zero-order chi connectivity index (χ0) is 18.3. The van der Waals surface area contributed by atoms with E-state index in [1.165, 1.54) is 0 Å². The second-order valence-electron chi connectivity index (χ2n) is 8.06. The summed E-state index contributed by atoms with van der Waals surface area (Å²) in [6.45, 7) is 5.80. The largest absolute Gasteiger partial charge is 0.338 e. The second-order valence-corrected chi connectivity index (χ2v) is 8.06. The predicted molar refractivity (Wildman–Crippen MR) is 99.3 cm³/mol. The van der Waals surface area contributed by atoms with Crippen LogP contribution in [0.3, 0.4) is 0 Å². The number of aryl methyl sites for hydroxylation is 1. The number of hydrogen-bond acceptors (Lipinski definition) is 4. The molecule has 0 bridgehead atoms. The van der Waals surface area contributed by atoms with Crippen molar-refractivity contribution < 1.29 is 4.79 Å². The number of fused-ring (bicyclic) bond motifs is 3. The summed E-state index contributed by atoms with van der Waals surface area (Å²) in [5, 5.41) is 3.00. The SMILES string of the molecule is CCCCNC(=O)N1CC[C@]2(CCc3nc4c(c(=O)n32)CN(C)CC4)C1. The van der Waals surface area contributed by atoms with Crippen LogP contribution in [0.5, 0.6) is 0 Å². The molecule has 4 heterocycles. The number of nitrogens with one attached hydrogen (secondary N) is 1. The predicted octanol–water partition coefficient (Wildman–Crippen LogP) is 1.09. The number of rotatable bonds is 3. The average Bonchev–Trinajstić information content (AvgIpc) is 3.21. The van der Waals surface area contributed by atoms with Gasteiger partial charge in [0, 0.05) is 45.6 Å². The fourth-order valence-electron chi connectivity index (χ4n) is 4.67. The molecule has 1 fully saturated rings. The van der Waals surface area contributed by atoms with Crippen LogP contribution in [0.4, 0.5) is 4.79 Å². The standard InChI is InChI=1S/C19H29N5O2/c1-3-4-9-20-18(26)23-11-8-19(13-23)7-5-16-21-15-6-10-22(2)12-14(15)17(25)24(16)19/h3-13H2,1-2H3,(H,20,26)/t19-/m1/s1. The van der Waals surface area contributed by atoms with E-state index in [2.05, 4.69) is 17.1 Å². The monoisotopic (exact) mass is 359 g/mol. The van der Waals surface area contributed by atoms with Crippen LogP contribution < -0.4 is 10.9 Å². The number of likely N-dealkylation sites (tertiary alicyclic amines) is 1. The molecule has 3 aliphatic heterocycles. The quantitative estimate of drug-likeness (QED) is 0.820. The Labute approximate surface area is 154 Å². The van der Waals surface area contributed by atoms with Crippen molar-refractivity contribution in [2.45, 2.75) is 57.5 Å². The maximum atomic E-state index is 13.3. The molecule has 1 atom stereocenters. The smallest absolute Gasteiger partial charge is 0.317 e. The minimum atomic E-state index is -0.257. The first kappa shape index (κ1) is 17.5. The fourth-order valence-corrected chi connectivity index (χ4v) is 4.67. The summed E-state index contributed by atoms with van der Waals surface area (Å²) < 4.78 is 1.95. The number of urea groups is 1. The van der Waals surface area contributed by atoms with E-state index in [1.54, 1.807) is 0 Å². The molecule has 4 rings (SSSR count). The summed E-state index contributed by atoms with van der Waals surface area (Å²) >= 11 is 0. The van der Waals surface area contributed by atoms with Crippen LogP contribution >= 0.6 is 0 Å². The lowest BCUT2D eigenvalue weighted by molar-refractivity contribution is 0.199. The molecule has 0 radical (unpaired) electrons. The van der Waals surface area contributed by atoms with Crippen molar-refractivity contribution in [3.8, 4) is 0 Å². The Morgan fingerprint density at radius 1 is 1.27 bits per heavy atom. The number of carbonyl (C=O) groups is 1. The lowest BCUT2D eigenvalue weighted by Crippen LogP contribution is -2.46. The lowest BCUT2D eigenvalue weighted by Gasteiger charge is -2.30. The van der Waals surface area contributed by atoms with E-state index in [4.69, 9.17) is 4.98 Å². The third-order valence-electron chi connectivity index (χ3n) is 6.20. The third kappa shape index (κ3) is 2.82. The molecule has 1 saturated heterocycles. The molecule has 0 saturated carbocycles. The third-order valence-corrected chi connectivity index (χ3v) is 6.20. The van der Waals surface area contributed by atoms with Gasteiger partial charge >= 0.3 is 6.03 Å². The summed E-state index contributed by atoms with van der Waals surface area (Å²) in [6, 6.07) is 0.00229. The molecule has 0 unspecified atom stereocenters. The van der Waals surface area contributed by atoms with Gasteiger partial charge in [-0.25, -0.2) is 9.78 Å². The van der Waals surface area contributed by atoms with Crippen LogP contribution in [0.15, 0.2) is 4.79 Å². The number of nitrogens with zero attached hydrogens (tertiary/aromatic N) is 4. The highest BCUT2D eigenvalue weighted by Crippen LogP contribution is 2.38. The number of amides is 2. The summed E-state index contributed by atoms with van der Waals surface area (Å²) in [4.78, 5) is 34.6. The van der Waals surface area contributed by atoms with Gasteiger partial charge in [-0.3, -0.25) is 9.36 Å². The number of unbranched alkanes of at least 4 members (excludes halogenated alkanes) is 1. The van der Waals surface area contributed by atoms with Gasteiger partial charge in [0.15, 0.2) is 0 Å². The highest BCUT2D eigenvalue weighted by molar-refractivity contribution is 5.74. The number of aromatic nitrogens is 2. The highest BCUT2D eigenvalue weighted by Gasteiger charge is 2.47. The molecule has 0 aromatic carbocycles. The Hall–Kier alpha value is -1.89. The van der Waals surface area contributed by atoms with Gasteiger partial charge < -0.3 is 15.1 Å². The van der Waals surface area contributed by atoms with E-state index < -0.39 is 0 Å². The van der Waals surface area contributed by atoms with Gasteiger partial charge in [0.05, 0.1) is 16.8 Å². The van der Waals surface area contributed by atoms with E-state index in [-0.39, 0.29) is 17.1 Å². The highest BCUT2D eigenvalue weighted by atomic mass is 16.2. The maximum Gasteiger partial charge on any atom is 0.317 e. The summed E-state index contributed by atoms with van der Waals surface area (Å²) in [6.07, 6.45) is 5.51. The van der Waals surface area contributed by atoms with E-state index >= 15 is 0 Å². The summed E-state index contributed by atoms with van der Waals surface area (Å²) in [5.74, 6) is 0.923. The molecule has 2 amide bonds. The van der Waals surface area contributed by atoms with Gasteiger partial charge in [0.2, 0.25) is 0 Å². The topological polar surface area (TPSA) is 70.5 Å². The molecular formula is C19H29N5O2. The molecule has 1 aromatic rings. The molecule has 1 aromatic heterocycles. The normalized spacial score (nSPS) is 24.8. The van der Waals surface area contributed by atoms with Crippen molar-refractivity contribution >= 4 is 6.03 Å². The number of carbonyl (C=O) groups excluding carboxylic acids is 1. The van der Waals surface area contributed by atoms with Crippen molar-refractivity contribution in [1.29, 1.82) is 0 Å². The van der Waals surface area contributed by atoms with Crippen molar-refractivity contribution in [3.63, 3.8) is 0 Å². The van der Waals surface area contributed by atoms with Crippen LogP contribution in [0.2, 0.25) is 0 Å². The Balaban J connectivity index is 1.59. The minimum Gasteiger partial charge on any atom is -0.338 e. The van der Waals surface area contributed by atoms with Gasteiger partial charge in [-0.1, -0.05) is 13.3 Å². The van der Waals surface area contributed by atoms with E-state index in [0.29, 0.717) is 19.6 Å². The van der Waals surface area contributed by atoms with Crippen LogP contribution in [0.25, 0.3) is 0 Å². The van der Waals surface area contributed by atoms with Crippen LogP contribution in [0, 0.1) is 0 Å². The number of likely N-dealkylation sites (N-methyl/N-ethyl adjacent to an activating group) is 1. The Bertz CT molecular complexity index is 774. The van der Waals surface area contributed by atoms with E-state index in [1.807, 2.05) is 16.5 Å². The zero-order valence-electron chi connectivity index (χ0n) is 15.9. The minimum absolute atomic E-state index is 0.00229. The van der Waals surface area contributed by atoms with Crippen LogP contribution in [0.1, 0.15) is 49.7 Å². The summed E-state index contributed by atoms with van der Waals surface area (Å²) in [7, 11) is 2.05. The van der Waals surface area contributed by atoms with Crippen LogP contribution in [-0.4, -0.2) is 58.6 Å². The molecule has 1 N–H and O–H groups in total. The molecular weight excluding hydrogens is 330 g/mol.